The third kappa shape index (κ3) is 6.60. The lowest BCUT2D eigenvalue weighted by molar-refractivity contribution is -0.121. The minimum atomic E-state index is -3.54. The van der Waals surface area contributed by atoms with Gasteiger partial charge in [-0.2, -0.15) is 0 Å². The first-order valence-electron chi connectivity index (χ1n) is 11.9. The summed E-state index contributed by atoms with van der Waals surface area (Å²) in [6, 6.07) is 8.97. The topological polar surface area (TPSA) is 94.2 Å². The molecule has 0 aliphatic carbocycles. The van der Waals surface area contributed by atoms with E-state index in [1.54, 1.807) is 25.3 Å². The van der Waals surface area contributed by atoms with Gasteiger partial charge in [0.25, 0.3) is 0 Å². The molecule has 0 bridgehead atoms. The van der Waals surface area contributed by atoms with Gasteiger partial charge in [0.1, 0.15) is 19.0 Å². The molecular formula is C26H36N2O6S. The molecule has 35 heavy (non-hydrogen) atoms. The first-order valence-corrected chi connectivity index (χ1v) is 13.7. The number of methoxy groups -OCH3 is 1. The van der Waals surface area contributed by atoms with Gasteiger partial charge >= 0.3 is 0 Å². The molecule has 1 unspecified atom stereocenters. The van der Waals surface area contributed by atoms with Gasteiger partial charge < -0.3 is 19.5 Å². The van der Waals surface area contributed by atoms with E-state index in [0.717, 1.165) is 28.7 Å². The fraction of sp³-hybridized carbons (Fsp3) is 0.500. The molecule has 1 heterocycles. The Morgan fingerprint density at radius 1 is 1.09 bits per heavy atom. The fourth-order valence-corrected chi connectivity index (χ4v) is 5.22. The number of anilines is 1. The monoisotopic (exact) mass is 504 g/mol. The van der Waals surface area contributed by atoms with E-state index in [2.05, 4.69) is 25.2 Å². The van der Waals surface area contributed by atoms with Crippen molar-refractivity contribution in [1.29, 1.82) is 0 Å². The van der Waals surface area contributed by atoms with E-state index in [0.29, 0.717) is 36.8 Å². The number of hydrogen-bond acceptors (Lipinski definition) is 6. The molecular weight excluding hydrogens is 468 g/mol. The Morgan fingerprint density at radius 2 is 1.77 bits per heavy atom. The van der Waals surface area contributed by atoms with Gasteiger partial charge in [0, 0.05) is 19.0 Å². The predicted octanol–water partition coefficient (Wildman–Crippen LogP) is 4.32. The molecule has 0 saturated carbocycles. The van der Waals surface area contributed by atoms with E-state index in [-0.39, 0.29) is 30.8 Å². The summed E-state index contributed by atoms with van der Waals surface area (Å²) in [5.74, 6) is 2.12. The van der Waals surface area contributed by atoms with Crippen molar-refractivity contribution in [3.63, 3.8) is 0 Å². The Labute approximate surface area is 208 Å². The maximum atomic E-state index is 12.7. The largest absolute Gasteiger partial charge is 0.496 e. The Kier molecular flexibility index (Phi) is 8.53. The molecule has 2 aromatic carbocycles. The molecule has 1 aliphatic rings. The summed E-state index contributed by atoms with van der Waals surface area (Å²) in [6.07, 6.45) is 1.73. The van der Waals surface area contributed by atoms with Crippen molar-refractivity contribution in [2.75, 3.05) is 37.4 Å². The number of aryl methyl sites for hydroxylation is 1. The number of rotatable bonds is 10. The molecule has 0 radical (unpaired) electrons. The number of amides is 1. The molecule has 1 amide bonds. The molecule has 0 fully saturated rings. The van der Waals surface area contributed by atoms with Crippen molar-refractivity contribution >= 4 is 21.6 Å². The second-order valence-corrected chi connectivity index (χ2v) is 11.1. The van der Waals surface area contributed by atoms with Crippen LogP contribution in [-0.4, -0.2) is 47.4 Å². The minimum Gasteiger partial charge on any atom is -0.496 e. The quantitative estimate of drug-likeness (QED) is 0.518. The standard InChI is InChI=1S/C26H36N2O6S/c1-17(2)21-16-22(18(3)14-24(21)32-5)19(4)27-26(29)8-7-11-28(35(6,30)31)20-9-10-23-25(15-20)34-13-12-33-23/h9-10,14-17,19H,7-8,11-13H2,1-6H3,(H,27,29). The van der Waals surface area contributed by atoms with Gasteiger partial charge in [-0.1, -0.05) is 13.8 Å². The fourth-order valence-electron chi connectivity index (χ4n) is 4.26. The van der Waals surface area contributed by atoms with Crippen LogP contribution in [0.5, 0.6) is 17.2 Å². The maximum Gasteiger partial charge on any atom is 0.232 e. The van der Waals surface area contributed by atoms with Crippen LogP contribution in [0.4, 0.5) is 5.69 Å². The number of benzene rings is 2. The highest BCUT2D eigenvalue weighted by Gasteiger charge is 2.22. The lowest BCUT2D eigenvalue weighted by Gasteiger charge is -2.25. The second kappa shape index (κ2) is 11.2. The van der Waals surface area contributed by atoms with Gasteiger partial charge in [0.15, 0.2) is 11.5 Å². The van der Waals surface area contributed by atoms with Crippen LogP contribution < -0.4 is 23.8 Å². The van der Waals surface area contributed by atoms with Crippen molar-refractivity contribution in [3.05, 3.63) is 47.0 Å². The van der Waals surface area contributed by atoms with E-state index in [9.17, 15) is 13.2 Å². The zero-order valence-corrected chi connectivity index (χ0v) is 22.2. The van der Waals surface area contributed by atoms with Crippen molar-refractivity contribution in [1.82, 2.24) is 5.32 Å². The Hall–Kier alpha value is -2.94. The second-order valence-electron chi connectivity index (χ2n) is 9.16. The summed E-state index contributed by atoms with van der Waals surface area (Å²) >= 11 is 0. The molecule has 9 heteroatoms. The molecule has 1 aliphatic heterocycles. The summed E-state index contributed by atoms with van der Waals surface area (Å²) in [4.78, 5) is 12.7. The van der Waals surface area contributed by atoms with Crippen molar-refractivity contribution in [2.24, 2.45) is 0 Å². The van der Waals surface area contributed by atoms with Gasteiger partial charge in [0.2, 0.25) is 15.9 Å². The lowest BCUT2D eigenvalue weighted by atomic mass is 9.93. The molecule has 3 rings (SSSR count). The van der Waals surface area contributed by atoms with Crippen molar-refractivity contribution in [3.8, 4) is 17.2 Å². The Balaban J connectivity index is 1.64. The van der Waals surface area contributed by atoms with Crippen LogP contribution >= 0.6 is 0 Å². The summed E-state index contributed by atoms with van der Waals surface area (Å²) < 4.78 is 42.8. The molecule has 0 aromatic heterocycles. The number of nitrogens with one attached hydrogen (secondary N) is 1. The zero-order chi connectivity index (χ0) is 25.8. The van der Waals surface area contributed by atoms with E-state index in [1.165, 1.54) is 4.31 Å². The molecule has 2 aromatic rings. The lowest BCUT2D eigenvalue weighted by Crippen LogP contribution is -2.33. The first-order chi connectivity index (χ1) is 16.5. The number of carbonyl (C=O) groups excluding carboxylic acids is 1. The van der Waals surface area contributed by atoms with E-state index >= 15 is 0 Å². The third-order valence-electron chi connectivity index (χ3n) is 6.06. The van der Waals surface area contributed by atoms with E-state index in [1.807, 2.05) is 19.9 Å². The molecule has 8 nitrogen and oxygen atoms in total. The Morgan fingerprint density at radius 3 is 2.40 bits per heavy atom. The van der Waals surface area contributed by atoms with Gasteiger partial charge in [-0.3, -0.25) is 9.10 Å². The third-order valence-corrected chi connectivity index (χ3v) is 7.26. The van der Waals surface area contributed by atoms with Crippen LogP contribution in [0.2, 0.25) is 0 Å². The summed E-state index contributed by atoms with van der Waals surface area (Å²) in [5.41, 5.74) is 3.66. The maximum absolute atomic E-state index is 12.7. The highest BCUT2D eigenvalue weighted by molar-refractivity contribution is 7.92. The predicted molar refractivity (Wildman–Crippen MR) is 137 cm³/mol. The number of hydrogen-bond donors (Lipinski definition) is 1. The molecule has 1 N–H and O–H groups in total. The number of ether oxygens (including phenoxy) is 3. The number of sulfonamides is 1. The summed E-state index contributed by atoms with van der Waals surface area (Å²) in [7, 11) is -1.88. The highest BCUT2D eigenvalue weighted by Crippen LogP contribution is 2.35. The normalized spacial score (nSPS) is 13.9. The van der Waals surface area contributed by atoms with Gasteiger partial charge in [-0.25, -0.2) is 8.42 Å². The van der Waals surface area contributed by atoms with Gasteiger partial charge in [-0.15, -0.1) is 0 Å². The van der Waals surface area contributed by atoms with Crippen molar-refractivity contribution < 1.29 is 27.4 Å². The van der Waals surface area contributed by atoms with Gasteiger partial charge in [0.05, 0.1) is 25.1 Å². The number of fused-ring (bicyclic) bond motifs is 1. The Bertz CT molecular complexity index is 1160. The van der Waals surface area contributed by atoms with E-state index < -0.39 is 10.0 Å². The average Bonchev–Trinajstić information content (AvgIpc) is 2.80. The summed E-state index contributed by atoms with van der Waals surface area (Å²) in [5, 5.41) is 3.05. The SMILES string of the molecule is COc1cc(C)c(C(C)NC(=O)CCCN(c2ccc3c(c2)OCCO3)S(C)(=O)=O)cc1C(C)C. The van der Waals surface area contributed by atoms with Crippen LogP contribution in [0, 0.1) is 6.92 Å². The summed E-state index contributed by atoms with van der Waals surface area (Å²) in [6.45, 7) is 9.23. The van der Waals surface area contributed by atoms with Crippen LogP contribution in [-0.2, 0) is 14.8 Å². The number of nitrogens with zero attached hydrogens (tertiary/aromatic N) is 1. The zero-order valence-electron chi connectivity index (χ0n) is 21.4. The first kappa shape index (κ1) is 26.7. The number of carbonyl (C=O) groups is 1. The molecule has 0 saturated heterocycles. The van der Waals surface area contributed by atoms with Crippen molar-refractivity contribution in [2.45, 2.75) is 52.5 Å². The highest BCUT2D eigenvalue weighted by atomic mass is 32.2. The van der Waals surface area contributed by atoms with Crippen LogP contribution in [0.3, 0.4) is 0 Å². The van der Waals surface area contributed by atoms with E-state index in [4.69, 9.17) is 14.2 Å². The molecule has 192 valence electrons. The molecule has 0 spiro atoms. The van der Waals surface area contributed by atoms with Gasteiger partial charge in [-0.05, 0) is 67.1 Å². The smallest absolute Gasteiger partial charge is 0.232 e. The van der Waals surface area contributed by atoms with Crippen LogP contribution in [0.15, 0.2) is 30.3 Å². The minimum absolute atomic E-state index is 0.130. The molecule has 1 atom stereocenters. The van der Waals surface area contributed by atoms with Crippen LogP contribution in [0.1, 0.15) is 62.3 Å². The van der Waals surface area contributed by atoms with Crippen LogP contribution in [0.25, 0.3) is 0 Å². The average molecular weight is 505 g/mol.